The number of sulfonamides is 1. The number of hydrogen-bond acceptors (Lipinski definition) is 8. The first-order valence-electron chi connectivity index (χ1n) is 11.5. The Balaban J connectivity index is 1.41. The number of ether oxygens (including phenoxy) is 1. The summed E-state index contributed by atoms with van der Waals surface area (Å²) in [6.07, 6.45) is 2.85. The number of hydrogen-bond donors (Lipinski definition) is 1. The maximum absolute atomic E-state index is 13.2. The van der Waals surface area contributed by atoms with Crippen LogP contribution in [0.2, 0.25) is 0 Å². The number of benzene rings is 1. The van der Waals surface area contributed by atoms with Gasteiger partial charge >= 0.3 is 5.97 Å². The third-order valence-electron chi connectivity index (χ3n) is 6.37. The highest BCUT2D eigenvalue weighted by Gasteiger charge is 2.36. The van der Waals surface area contributed by atoms with Crippen LogP contribution in [0.15, 0.2) is 33.7 Å². The number of esters is 1. The summed E-state index contributed by atoms with van der Waals surface area (Å²) in [5.74, 6) is 0.305. The van der Waals surface area contributed by atoms with Crippen molar-refractivity contribution >= 4 is 21.9 Å². The minimum Gasteiger partial charge on any atom is -0.465 e. The molecule has 0 radical (unpaired) electrons. The first-order valence-corrected chi connectivity index (χ1v) is 13.0. The molecule has 1 aliphatic carbocycles. The third-order valence-corrected chi connectivity index (χ3v) is 8.32. The molecule has 2 fully saturated rings. The molecule has 1 saturated carbocycles. The molecule has 1 unspecified atom stereocenters. The summed E-state index contributed by atoms with van der Waals surface area (Å²) in [6.45, 7) is 4.29. The second kappa shape index (κ2) is 9.83. The lowest BCUT2D eigenvalue weighted by atomic mass is 9.95. The number of carbonyl (C=O) groups is 2. The highest BCUT2D eigenvalue weighted by Crippen LogP contribution is 2.39. The first kappa shape index (κ1) is 24.3. The van der Waals surface area contributed by atoms with E-state index in [2.05, 4.69) is 15.5 Å². The Morgan fingerprint density at radius 3 is 2.44 bits per heavy atom. The van der Waals surface area contributed by atoms with Crippen LogP contribution in [0, 0.1) is 11.8 Å². The maximum atomic E-state index is 13.2. The molecule has 11 heteroatoms. The second-order valence-electron chi connectivity index (χ2n) is 9.16. The van der Waals surface area contributed by atoms with E-state index in [0.29, 0.717) is 30.5 Å². The fourth-order valence-corrected chi connectivity index (χ4v) is 5.78. The zero-order valence-electron chi connectivity index (χ0n) is 19.6. The van der Waals surface area contributed by atoms with Crippen molar-refractivity contribution < 1.29 is 27.3 Å². The Bertz CT molecular complexity index is 1150. The Morgan fingerprint density at radius 2 is 1.82 bits per heavy atom. The van der Waals surface area contributed by atoms with E-state index < -0.39 is 22.0 Å². The molecule has 0 bridgehead atoms. The number of aromatic nitrogens is 2. The summed E-state index contributed by atoms with van der Waals surface area (Å²) < 4.78 is 37.9. The number of nitrogens with zero attached hydrogens (tertiary/aromatic N) is 3. The number of piperidine rings is 1. The van der Waals surface area contributed by atoms with E-state index in [0.717, 1.165) is 12.8 Å². The van der Waals surface area contributed by atoms with Crippen molar-refractivity contribution in [1.82, 2.24) is 19.8 Å². The van der Waals surface area contributed by atoms with Gasteiger partial charge in [-0.15, -0.1) is 0 Å². The van der Waals surface area contributed by atoms with Gasteiger partial charge in [-0.2, -0.15) is 9.29 Å². The number of amides is 1. The average Bonchev–Trinajstić information content (AvgIpc) is 3.58. The van der Waals surface area contributed by atoms with Gasteiger partial charge in [-0.3, -0.25) is 4.79 Å². The Morgan fingerprint density at radius 1 is 1.15 bits per heavy atom. The van der Waals surface area contributed by atoms with Crippen LogP contribution in [0.3, 0.4) is 0 Å². The summed E-state index contributed by atoms with van der Waals surface area (Å²) in [6, 6.07) is 5.58. The van der Waals surface area contributed by atoms with Crippen molar-refractivity contribution in [3.05, 3.63) is 41.5 Å². The second-order valence-corrected chi connectivity index (χ2v) is 11.1. The molecule has 10 nitrogen and oxygen atoms in total. The van der Waals surface area contributed by atoms with Gasteiger partial charge in [0, 0.05) is 24.9 Å². The molecule has 0 spiro atoms. The lowest BCUT2D eigenvalue weighted by Crippen LogP contribution is -2.44. The van der Waals surface area contributed by atoms with Crippen molar-refractivity contribution in [2.75, 3.05) is 20.2 Å². The van der Waals surface area contributed by atoms with Crippen LogP contribution >= 0.6 is 0 Å². The van der Waals surface area contributed by atoms with Gasteiger partial charge in [0.15, 0.2) is 5.82 Å². The molecular weight excluding hydrogens is 460 g/mol. The zero-order valence-corrected chi connectivity index (χ0v) is 20.4. The van der Waals surface area contributed by atoms with Crippen LogP contribution < -0.4 is 5.32 Å². The summed E-state index contributed by atoms with van der Waals surface area (Å²) in [4.78, 5) is 29.5. The summed E-state index contributed by atoms with van der Waals surface area (Å²) >= 11 is 0. The van der Waals surface area contributed by atoms with Gasteiger partial charge in [0.1, 0.15) is 6.04 Å². The minimum absolute atomic E-state index is 0.00485. The van der Waals surface area contributed by atoms with Crippen molar-refractivity contribution in [3.63, 3.8) is 0 Å². The van der Waals surface area contributed by atoms with E-state index in [1.807, 2.05) is 13.8 Å². The van der Waals surface area contributed by atoms with E-state index in [-0.39, 0.29) is 41.3 Å². The molecular formula is C23H30N4O6S. The van der Waals surface area contributed by atoms with Crippen molar-refractivity contribution in [1.29, 1.82) is 0 Å². The summed E-state index contributed by atoms with van der Waals surface area (Å²) in [7, 11) is -2.70. The zero-order chi connectivity index (χ0) is 24.5. The van der Waals surface area contributed by atoms with Crippen LogP contribution in [0.25, 0.3) is 0 Å². The van der Waals surface area contributed by atoms with Gasteiger partial charge in [0.2, 0.25) is 21.8 Å². The van der Waals surface area contributed by atoms with Gasteiger partial charge < -0.3 is 14.6 Å². The smallest absolute Gasteiger partial charge is 0.339 e. The molecule has 1 atom stereocenters. The van der Waals surface area contributed by atoms with Gasteiger partial charge in [0.25, 0.3) is 0 Å². The number of nitrogens with one attached hydrogen (secondary N) is 1. The first-order chi connectivity index (χ1) is 16.2. The van der Waals surface area contributed by atoms with Crippen LogP contribution in [0.1, 0.15) is 73.6 Å². The fourth-order valence-electron chi connectivity index (χ4n) is 4.13. The Hall–Kier alpha value is -2.79. The number of rotatable bonds is 8. The van der Waals surface area contributed by atoms with Crippen LogP contribution in [0.5, 0.6) is 0 Å². The molecule has 1 N–H and O–H groups in total. The number of carbonyl (C=O) groups excluding carboxylic acids is 2. The molecule has 1 saturated heterocycles. The fraction of sp³-hybridized carbons (Fsp3) is 0.565. The molecule has 1 aromatic carbocycles. The van der Waals surface area contributed by atoms with Crippen LogP contribution in [0.4, 0.5) is 0 Å². The highest BCUT2D eigenvalue weighted by molar-refractivity contribution is 7.89. The van der Waals surface area contributed by atoms with Crippen molar-refractivity contribution in [2.45, 2.75) is 56.4 Å². The Labute approximate surface area is 199 Å². The quantitative estimate of drug-likeness (QED) is 0.559. The molecule has 1 aliphatic heterocycles. The molecule has 4 rings (SSSR count). The summed E-state index contributed by atoms with van der Waals surface area (Å²) in [5.41, 5.74) is -0.00485. The summed E-state index contributed by atoms with van der Waals surface area (Å²) in [5, 5.41) is 7.08. The highest BCUT2D eigenvalue weighted by atomic mass is 32.2. The largest absolute Gasteiger partial charge is 0.465 e. The average molecular weight is 491 g/mol. The monoisotopic (exact) mass is 490 g/mol. The molecule has 2 heterocycles. The molecule has 2 aliphatic rings. The standard InChI is InChI=1S/C23H30N4O6S/c1-14(2)19(22-25-20(26-33-22)15-8-9-15)24-21(28)16-10-12-27(13-11-16)34(30,31)18-7-5-4-6-17(18)23(29)32-3/h4-7,14-16,19H,8-13H2,1-3H3,(H,24,28). The Kier molecular flexibility index (Phi) is 7.04. The van der Waals surface area contributed by atoms with E-state index in [1.165, 1.54) is 23.5 Å². The normalized spacial score (nSPS) is 18.6. The van der Waals surface area contributed by atoms with Gasteiger partial charge in [-0.1, -0.05) is 31.1 Å². The van der Waals surface area contributed by atoms with Gasteiger partial charge in [-0.25, -0.2) is 13.2 Å². The molecule has 1 aromatic heterocycles. The van der Waals surface area contributed by atoms with Gasteiger partial charge in [0.05, 0.1) is 17.6 Å². The topological polar surface area (TPSA) is 132 Å². The number of methoxy groups -OCH3 is 1. The lowest BCUT2D eigenvalue weighted by molar-refractivity contribution is -0.127. The molecule has 184 valence electrons. The van der Waals surface area contributed by atoms with Crippen molar-refractivity contribution in [2.24, 2.45) is 11.8 Å². The van der Waals surface area contributed by atoms with Gasteiger partial charge in [-0.05, 0) is 43.7 Å². The molecule has 2 aromatic rings. The minimum atomic E-state index is -3.91. The van der Waals surface area contributed by atoms with E-state index in [9.17, 15) is 18.0 Å². The lowest BCUT2D eigenvalue weighted by Gasteiger charge is -2.31. The van der Waals surface area contributed by atoms with Crippen LogP contribution in [-0.2, 0) is 19.6 Å². The van der Waals surface area contributed by atoms with E-state index in [4.69, 9.17) is 9.26 Å². The van der Waals surface area contributed by atoms with Crippen LogP contribution in [-0.4, -0.2) is 54.9 Å². The molecule has 1 amide bonds. The molecule has 34 heavy (non-hydrogen) atoms. The van der Waals surface area contributed by atoms with Crippen molar-refractivity contribution in [3.8, 4) is 0 Å². The van der Waals surface area contributed by atoms with E-state index >= 15 is 0 Å². The maximum Gasteiger partial charge on any atom is 0.339 e. The van der Waals surface area contributed by atoms with E-state index in [1.54, 1.807) is 12.1 Å². The predicted octanol–water partition coefficient (Wildman–Crippen LogP) is 2.65. The third kappa shape index (κ3) is 5.00. The SMILES string of the molecule is COC(=O)c1ccccc1S(=O)(=O)N1CCC(C(=O)NC(c2nc(C3CC3)no2)C(C)C)CC1. The predicted molar refractivity (Wildman–Crippen MR) is 121 cm³/mol.